The maximum atomic E-state index is 12.8. The molecule has 0 fully saturated rings. The van der Waals surface area contributed by atoms with Gasteiger partial charge < -0.3 is 23.7 Å². The Balaban J connectivity index is 1.43. The number of aryl methyl sites for hydroxylation is 1. The van der Waals surface area contributed by atoms with Gasteiger partial charge in [-0.05, 0) is 73.0 Å². The van der Waals surface area contributed by atoms with Crippen LogP contribution in [0.1, 0.15) is 52.4 Å². The summed E-state index contributed by atoms with van der Waals surface area (Å²) in [5, 5.41) is 0. The van der Waals surface area contributed by atoms with Crippen molar-refractivity contribution in [1.29, 1.82) is 0 Å². The van der Waals surface area contributed by atoms with E-state index in [9.17, 15) is 9.59 Å². The molecule has 1 unspecified atom stereocenters. The third-order valence-corrected chi connectivity index (χ3v) is 7.64. The molecule has 0 spiro atoms. The second-order valence-corrected chi connectivity index (χ2v) is 10.7. The summed E-state index contributed by atoms with van der Waals surface area (Å²) in [5.41, 5.74) is 3.97. The number of hydrogen-bond acceptors (Lipinski definition) is 7. The summed E-state index contributed by atoms with van der Waals surface area (Å²) >= 11 is 0. The molecule has 0 radical (unpaired) electrons. The van der Waals surface area contributed by atoms with Crippen molar-refractivity contribution in [3.63, 3.8) is 0 Å². The molecular formula is C37H40O7. The quantitative estimate of drug-likeness (QED) is 0.0762. The molecule has 1 atom stereocenters. The lowest BCUT2D eigenvalue weighted by molar-refractivity contribution is -0.145. The number of rotatable bonds is 16. The van der Waals surface area contributed by atoms with E-state index in [4.69, 9.17) is 23.7 Å². The molecule has 0 aliphatic rings. The molecule has 4 aromatic carbocycles. The minimum absolute atomic E-state index is 0.0296. The fraction of sp³-hybridized carbons (Fsp3) is 0.297. The van der Waals surface area contributed by atoms with Crippen LogP contribution >= 0.6 is 0 Å². The number of esters is 1. The van der Waals surface area contributed by atoms with E-state index in [0.717, 1.165) is 22.4 Å². The highest BCUT2D eigenvalue weighted by Crippen LogP contribution is 2.38. The first-order chi connectivity index (χ1) is 21.3. The van der Waals surface area contributed by atoms with Gasteiger partial charge in [0.1, 0.15) is 23.9 Å². The maximum absolute atomic E-state index is 12.8. The monoisotopic (exact) mass is 596 g/mol. The van der Waals surface area contributed by atoms with Crippen molar-refractivity contribution in [2.24, 2.45) is 0 Å². The predicted molar refractivity (Wildman–Crippen MR) is 170 cm³/mol. The molecule has 0 saturated carbocycles. The lowest BCUT2D eigenvalue weighted by atomic mass is 9.73. The second kappa shape index (κ2) is 15.8. The van der Waals surface area contributed by atoms with Crippen LogP contribution in [0.5, 0.6) is 17.2 Å². The fourth-order valence-electron chi connectivity index (χ4n) is 4.87. The molecule has 0 saturated heterocycles. The van der Waals surface area contributed by atoms with Gasteiger partial charge in [-0.2, -0.15) is 0 Å². The molecule has 0 aromatic heterocycles. The molecule has 4 aromatic rings. The van der Waals surface area contributed by atoms with Crippen molar-refractivity contribution >= 4 is 11.8 Å². The number of carbonyl (C=O) groups excluding carboxylic acids is 2. The average Bonchev–Trinajstić information content (AvgIpc) is 3.06. The maximum Gasteiger partial charge on any atom is 0.305 e. The van der Waals surface area contributed by atoms with Crippen LogP contribution in [-0.2, 0) is 24.4 Å². The van der Waals surface area contributed by atoms with Gasteiger partial charge in [0.25, 0.3) is 0 Å². The molecule has 7 heteroatoms. The van der Waals surface area contributed by atoms with Gasteiger partial charge in [0, 0.05) is 30.1 Å². The Kier molecular flexibility index (Phi) is 11.7. The van der Waals surface area contributed by atoms with Crippen molar-refractivity contribution in [1.82, 2.24) is 0 Å². The fourth-order valence-corrected chi connectivity index (χ4v) is 4.87. The summed E-state index contributed by atoms with van der Waals surface area (Å²) in [7, 11) is 3.25. The number of carbonyl (C=O) groups is 2. The highest BCUT2D eigenvalue weighted by atomic mass is 16.6. The van der Waals surface area contributed by atoms with E-state index in [2.05, 4.69) is 6.92 Å². The summed E-state index contributed by atoms with van der Waals surface area (Å²) < 4.78 is 27.2. The molecule has 0 bridgehead atoms. The standard InChI is InChI=1S/C37H40O7/c1-27-5-7-28(8-6-27)36(39)29-9-15-33(16-10-29)44-34-19-13-31(14-20-34)37(2,30-11-17-32(41-4)18-12-30)22-21-35(38)43-26-25-42-24-23-40-3/h5-20H,21-26H2,1-4H3. The number of ether oxygens (including phenoxy) is 5. The van der Waals surface area contributed by atoms with Gasteiger partial charge in [-0.3, -0.25) is 9.59 Å². The summed E-state index contributed by atoms with van der Waals surface area (Å²) in [6.45, 7) is 5.61. The van der Waals surface area contributed by atoms with E-state index in [1.165, 1.54) is 0 Å². The summed E-state index contributed by atoms with van der Waals surface area (Å²) in [4.78, 5) is 25.4. The molecule has 7 nitrogen and oxygen atoms in total. The third-order valence-electron chi connectivity index (χ3n) is 7.64. The van der Waals surface area contributed by atoms with Crippen molar-refractivity contribution in [3.8, 4) is 17.2 Å². The molecule has 44 heavy (non-hydrogen) atoms. The third kappa shape index (κ3) is 8.78. The van der Waals surface area contributed by atoms with E-state index in [1.807, 2.05) is 79.7 Å². The van der Waals surface area contributed by atoms with Crippen molar-refractivity contribution in [2.75, 3.05) is 40.6 Å². The van der Waals surface area contributed by atoms with E-state index in [1.54, 1.807) is 38.5 Å². The zero-order valence-electron chi connectivity index (χ0n) is 25.8. The molecule has 0 N–H and O–H groups in total. The Bertz CT molecular complexity index is 1480. The number of ketones is 1. The van der Waals surface area contributed by atoms with Crippen LogP contribution in [0.3, 0.4) is 0 Å². The van der Waals surface area contributed by atoms with E-state index >= 15 is 0 Å². The Morgan fingerprint density at radius 3 is 1.68 bits per heavy atom. The van der Waals surface area contributed by atoms with Crippen LogP contribution < -0.4 is 9.47 Å². The second-order valence-electron chi connectivity index (χ2n) is 10.7. The van der Waals surface area contributed by atoms with Crippen LogP contribution in [0.4, 0.5) is 0 Å². The number of methoxy groups -OCH3 is 2. The summed E-state index contributed by atoms with van der Waals surface area (Å²) in [6.07, 6.45) is 0.784. The van der Waals surface area contributed by atoms with E-state index in [-0.39, 0.29) is 24.8 Å². The lowest BCUT2D eigenvalue weighted by Crippen LogP contribution is -2.25. The van der Waals surface area contributed by atoms with E-state index < -0.39 is 5.41 Å². The van der Waals surface area contributed by atoms with Crippen molar-refractivity contribution in [2.45, 2.75) is 32.1 Å². The van der Waals surface area contributed by atoms with E-state index in [0.29, 0.717) is 48.9 Å². The lowest BCUT2D eigenvalue weighted by Gasteiger charge is -2.31. The molecule has 0 amide bonds. The molecule has 0 heterocycles. The van der Waals surface area contributed by atoms with Gasteiger partial charge in [0.05, 0.1) is 26.9 Å². The zero-order valence-corrected chi connectivity index (χ0v) is 25.8. The van der Waals surface area contributed by atoms with Gasteiger partial charge in [-0.15, -0.1) is 0 Å². The molecule has 230 valence electrons. The highest BCUT2D eigenvalue weighted by molar-refractivity contribution is 6.09. The van der Waals surface area contributed by atoms with Gasteiger partial charge in [-0.1, -0.05) is 61.0 Å². The predicted octanol–water partition coefficient (Wildman–Crippen LogP) is 7.32. The van der Waals surface area contributed by atoms with Crippen LogP contribution in [0, 0.1) is 6.92 Å². The van der Waals surface area contributed by atoms with Crippen LogP contribution in [0.25, 0.3) is 0 Å². The Labute approximate surface area is 259 Å². The highest BCUT2D eigenvalue weighted by Gasteiger charge is 2.30. The first-order valence-electron chi connectivity index (χ1n) is 14.7. The van der Waals surface area contributed by atoms with Gasteiger partial charge in [0.15, 0.2) is 5.78 Å². The minimum Gasteiger partial charge on any atom is -0.497 e. The van der Waals surface area contributed by atoms with Crippen LogP contribution in [0.2, 0.25) is 0 Å². The molecule has 4 rings (SSSR count). The first kappa shape index (κ1) is 32.5. The molecule has 0 aliphatic carbocycles. The zero-order chi connectivity index (χ0) is 31.4. The minimum atomic E-state index is -0.475. The topological polar surface area (TPSA) is 80.3 Å². The van der Waals surface area contributed by atoms with Gasteiger partial charge in [-0.25, -0.2) is 0 Å². The normalized spacial score (nSPS) is 12.3. The van der Waals surface area contributed by atoms with Crippen molar-refractivity contribution in [3.05, 3.63) is 125 Å². The Hall–Kier alpha value is -4.46. The number of benzene rings is 4. The van der Waals surface area contributed by atoms with Crippen LogP contribution in [0.15, 0.2) is 97.1 Å². The average molecular weight is 597 g/mol. The summed E-state index contributed by atoms with van der Waals surface area (Å²) in [5.74, 6) is 1.75. The Morgan fingerprint density at radius 1 is 0.636 bits per heavy atom. The number of hydrogen-bond donors (Lipinski definition) is 0. The molecular weight excluding hydrogens is 556 g/mol. The smallest absolute Gasteiger partial charge is 0.305 e. The summed E-state index contributed by atoms with van der Waals surface area (Å²) in [6, 6.07) is 30.5. The molecule has 0 aliphatic heterocycles. The largest absolute Gasteiger partial charge is 0.497 e. The van der Waals surface area contributed by atoms with Gasteiger partial charge >= 0.3 is 5.97 Å². The first-order valence-corrected chi connectivity index (χ1v) is 14.7. The van der Waals surface area contributed by atoms with Crippen molar-refractivity contribution < 1.29 is 33.3 Å². The SMILES string of the molecule is COCCOCCOC(=O)CCC(C)(c1ccc(OC)cc1)c1ccc(Oc2ccc(C(=O)c3ccc(C)cc3)cc2)cc1. The Morgan fingerprint density at radius 2 is 1.14 bits per heavy atom. The van der Waals surface area contributed by atoms with Crippen LogP contribution in [-0.4, -0.2) is 52.4 Å². The van der Waals surface area contributed by atoms with Gasteiger partial charge in [0.2, 0.25) is 0 Å².